The molecule has 0 atom stereocenters. The topological polar surface area (TPSA) is 15.6 Å². The molecule has 0 N–H and O–H groups in total. The first kappa shape index (κ1) is 13.9. The van der Waals surface area contributed by atoms with E-state index in [0.29, 0.717) is 0 Å². The Morgan fingerprint density at radius 2 is 1.50 bits per heavy atom. The smallest absolute Gasteiger partial charge is 0.160 e. The van der Waals surface area contributed by atoms with E-state index in [2.05, 4.69) is 65.6 Å². The van der Waals surface area contributed by atoms with Gasteiger partial charge in [-0.15, -0.1) is 0 Å². The van der Waals surface area contributed by atoms with Crippen molar-refractivity contribution in [2.75, 3.05) is 18.8 Å². The molecule has 0 radical (unpaired) electrons. The van der Waals surface area contributed by atoms with Crippen LogP contribution in [0.15, 0.2) is 65.7 Å². The molecule has 0 amide bonds. The lowest BCUT2D eigenvalue weighted by molar-refractivity contribution is 0.379. The highest BCUT2D eigenvalue weighted by Gasteiger charge is 2.42. The zero-order chi connectivity index (χ0) is 14.8. The van der Waals surface area contributed by atoms with Gasteiger partial charge in [0.1, 0.15) is 5.54 Å². The van der Waals surface area contributed by atoms with Crippen LogP contribution in [-0.2, 0) is 5.54 Å². The first-order valence-corrected chi connectivity index (χ1v) is 8.96. The van der Waals surface area contributed by atoms with Gasteiger partial charge in [0.15, 0.2) is 5.17 Å². The molecular formula is C19H20N2S. The van der Waals surface area contributed by atoms with Crippen LogP contribution in [-0.4, -0.2) is 28.9 Å². The van der Waals surface area contributed by atoms with Crippen LogP contribution in [0.2, 0.25) is 0 Å². The zero-order valence-electron chi connectivity index (χ0n) is 12.6. The summed E-state index contributed by atoms with van der Waals surface area (Å²) in [6.07, 6.45) is 2.57. The molecular weight excluding hydrogens is 288 g/mol. The van der Waals surface area contributed by atoms with Gasteiger partial charge in [-0.2, -0.15) is 0 Å². The lowest BCUT2D eigenvalue weighted by Gasteiger charge is -2.29. The molecule has 2 aromatic rings. The Bertz CT molecular complexity index is 627. The second kappa shape index (κ2) is 5.81. The molecule has 1 saturated heterocycles. The van der Waals surface area contributed by atoms with Crippen LogP contribution >= 0.6 is 11.8 Å². The van der Waals surface area contributed by atoms with E-state index in [1.807, 2.05) is 11.8 Å². The highest BCUT2D eigenvalue weighted by atomic mass is 32.2. The third kappa shape index (κ3) is 2.34. The van der Waals surface area contributed by atoms with E-state index in [9.17, 15) is 0 Å². The highest BCUT2D eigenvalue weighted by molar-refractivity contribution is 8.13. The fraction of sp³-hybridized carbons (Fsp3) is 0.316. The molecule has 2 heterocycles. The molecule has 4 rings (SSSR count). The van der Waals surface area contributed by atoms with Gasteiger partial charge in [-0.25, -0.2) is 4.99 Å². The number of fused-ring (bicyclic) bond motifs is 1. The molecule has 0 bridgehead atoms. The van der Waals surface area contributed by atoms with Crippen molar-refractivity contribution >= 4 is 16.9 Å². The van der Waals surface area contributed by atoms with Gasteiger partial charge in [-0.05, 0) is 24.0 Å². The van der Waals surface area contributed by atoms with E-state index in [1.165, 1.54) is 34.9 Å². The fourth-order valence-electron chi connectivity index (χ4n) is 3.39. The third-order valence-corrected chi connectivity index (χ3v) is 5.63. The molecule has 1 fully saturated rings. The summed E-state index contributed by atoms with van der Waals surface area (Å²) in [5.74, 6) is 1.19. The van der Waals surface area contributed by atoms with Crippen LogP contribution < -0.4 is 0 Å². The van der Waals surface area contributed by atoms with Gasteiger partial charge in [-0.3, -0.25) is 0 Å². The Labute approximate surface area is 136 Å². The van der Waals surface area contributed by atoms with E-state index >= 15 is 0 Å². The Morgan fingerprint density at radius 3 is 2.14 bits per heavy atom. The number of benzene rings is 2. The van der Waals surface area contributed by atoms with Crippen LogP contribution in [0.25, 0.3) is 0 Å². The second-order valence-electron chi connectivity index (χ2n) is 5.96. The minimum Gasteiger partial charge on any atom is -0.348 e. The van der Waals surface area contributed by atoms with Crippen molar-refractivity contribution in [2.24, 2.45) is 4.99 Å². The van der Waals surface area contributed by atoms with Crippen LogP contribution in [0.4, 0.5) is 0 Å². The summed E-state index contributed by atoms with van der Waals surface area (Å²) in [5.41, 5.74) is 2.34. The predicted molar refractivity (Wildman–Crippen MR) is 94.4 cm³/mol. The van der Waals surface area contributed by atoms with E-state index in [4.69, 9.17) is 4.99 Å². The van der Waals surface area contributed by atoms with E-state index in [-0.39, 0.29) is 5.54 Å². The molecule has 2 aliphatic rings. The Morgan fingerprint density at radius 1 is 0.864 bits per heavy atom. The summed E-state index contributed by atoms with van der Waals surface area (Å²) in [4.78, 5) is 7.73. The normalized spacial score (nSPS) is 20.2. The average Bonchev–Trinajstić information content (AvgIpc) is 2.83. The average molecular weight is 308 g/mol. The van der Waals surface area contributed by atoms with Crippen LogP contribution in [0.3, 0.4) is 0 Å². The monoisotopic (exact) mass is 308 g/mol. The first-order valence-electron chi connectivity index (χ1n) is 7.97. The van der Waals surface area contributed by atoms with Gasteiger partial charge in [0.25, 0.3) is 0 Å². The quantitative estimate of drug-likeness (QED) is 0.829. The fourth-order valence-corrected chi connectivity index (χ4v) is 4.48. The van der Waals surface area contributed by atoms with Crippen molar-refractivity contribution in [3.05, 3.63) is 71.8 Å². The van der Waals surface area contributed by atoms with Gasteiger partial charge < -0.3 is 4.90 Å². The molecule has 0 aliphatic carbocycles. The molecule has 112 valence electrons. The molecule has 0 unspecified atom stereocenters. The summed E-state index contributed by atoms with van der Waals surface area (Å²) in [7, 11) is 0. The summed E-state index contributed by atoms with van der Waals surface area (Å²) in [6.45, 7) is 2.09. The molecule has 0 aromatic heterocycles. The summed E-state index contributed by atoms with van der Waals surface area (Å²) in [5, 5.41) is 1.23. The number of aliphatic imine (C=N–C) groups is 1. The zero-order valence-corrected chi connectivity index (χ0v) is 13.4. The Hall–Kier alpha value is -1.74. The first-order chi connectivity index (χ1) is 10.9. The van der Waals surface area contributed by atoms with Gasteiger partial charge in [0.05, 0.1) is 6.54 Å². The summed E-state index contributed by atoms with van der Waals surface area (Å²) < 4.78 is 0. The summed E-state index contributed by atoms with van der Waals surface area (Å²) in [6, 6.07) is 21.5. The molecule has 2 nitrogen and oxygen atoms in total. The maximum atomic E-state index is 5.25. The van der Waals surface area contributed by atoms with Crippen molar-refractivity contribution in [3.8, 4) is 0 Å². The second-order valence-corrected chi connectivity index (χ2v) is 7.03. The van der Waals surface area contributed by atoms with Crippen molar-refractivity contribution in [1.82, 2.24) is 4.90 Å². The lowest BCUT2D eigenvalue weighted by atomic mass is 9.83. The highest BCUT2D eigenvalue weighted by Crippen LogP contribution is 2.41. The molecule has 22 heavy (non-hydrogen) atoms. The molecule has 2 aromatic carbocycles. The van der Waals surface area contributed by atoms with Crippen molar-refractivity contribution in [2.45, 2.75) is 18.4 Å². The molecule has 0 spiro atoms. The predicted octanol–water partition coefficient (Wildman–Crippen LogP) is 4.13. The SMILES string of the molecule is c1ccc(C2(c3ccccc3)CN3CCCCSC3=N2)cc1. The number of thioether (sulfide) groups is 1. The number of hydrogen-bond acceptors (Lipinski definition) is 3. The van der Waals surface area contributed by atoms with Crippen molar-refractivity contribution in [1.29, 1.82) is 0 Å². The molecule has 0 saturated carbocycles. The van der Waals surface area contributed by atoms with Gasteiger partial charge in [-0.1, -0.05) is 72.4 Å². The van der Waals surface area contributed by atoms with Gasteiger partial charge in [0, 0.05) is 12.3 Å². The lowest BCUT2D eigenvalue weighted by Crippen LogP contribution is -2.34. The van der Waals surface area contributed by atoms with Gasteiger partial charge in [0.2, 0.25) is 0 Å². The Balaban J connectivity index is 1.85. The van der Waals surface area contributed by atoms with Crippen LogP contribution in [0.1, 0.15) is 24.0 Å². The number of rotatable bonds is 2. The maximum Gasteiger partial charge on any atom is 0.160 e. The number of amidine groups is 1. The van der Waals surface area contributed by atoms with Crippen molar-refractivity contribution < 1.29 is 0 Å². The number of nitrogens with zero attached hydrogens (tertiary/aromatic N) is 2. The minimum absolute atomic E-state index is 0.248. The van der Waals surface area contributed by atoms with E-state index in [1.54, 1.807) is 0 Å². The Kier molecular flexibility index (Phi) is 3.67. The number of hydrogen-bond donors (Lipinski definition) is 0. The molecule has 3 heteroatoms. The van der Waals surface area contributed by atoms with Crippen LogP contribution in [0.5, 0.6) is 0 Å². The maximum absolute atomic E-state index is 5.25. The molecule has 2 aliphatic heterocycles. The van der Waals surface area contributed by atoms with Crippen molar-refractivity contribution in [3.63, 3.8) is 0 Å². The largest absolute Gasteiger partial charge is 0.348 e. The van der Waals surface area contributed by atoms with E-state index in [0.717, 1.165) is 13.1 Å². The standard InChI is InChI=1S/C19H20N2S/c1-3-9-16(10-4-1)19(17-11-5-2-6-12-17)15-21-13-7-8-14-22-18(21)20-19/h1-6,9-12H,7-8,13-15H2. The van der Waals surface area contributed by atoms with Gasteiger partial charge >= 0.3 is 0 Å². The summed E-state index contributed by atoms with van der Waals surface area (Å²) >= 11 is 1.92. The van der Waals surface area contributed by atoms with Crippen LogP contribution in [0, 0.1) is 0 Å². The van der Waals surface area contributed by atoms with E-state index < -0.39 is 0 Å². The minimum atomic E-state index is -0.248. The third-order valence-electron chi connectivity index (χ3n) is 4.53.